The molecule has 346 valence electrons. The maximum Gasteiger partial charge on any atom is 0.340 e. The van der Waals surface area contributed by atoms with E-state index in [1.807, 2.05) is 0 Å². The average Bonchev–Trinajstić information content (AvgIpc) is 3.44. The Morgan fingerprint density at radius 1 is 0.812 bits per heavy atom. The highest BCUT2D eigenvalue weighted by atomic mass is 16.7. The lowest BCUT2D eigenvalue weighted by Gasteiger charge is -2.67. The van der Waals surface area contributed by atoms with Crippen molar-refractivity contribution in [1.29, 1.82) is 0 Å². The molecule has 2 aromatic rings. The van der Waals surface area contributed by atoms with E-state index in [2.05, 4.69) is 9.97 Å². The first-order valence-corrected chi connectivity index (χ1v) is 20.7. The van der Waals surface area contributed by atoms with Crippen molar-refractivity contribution in [2.45, 2.75) is 129 Å². The molecule has 20 nitrogen and oxygen atoms in total. The van der Waals surface area contributed by atoms with Crippen molar-refractivity contribution in [1.82, 2.24) is 9.97 Å². The summed E-state index contributed by atoms with van der Waals surface area (Å²) in [7, 11) is 0. The largest absolute Gasteiger partial charge is 0.465 e. The fraction of sp³-hybridized carbons (Fsp3) is 0.591. The lowest BCUT2D eigenvalue weighted by atomic mass is 9.45. The summed E-state index contributed by atoms with van der Waals surface area (Å²) in [5.41, 5.74) is -10.5. The second-order valence-electron chi connectivity index (χ2n) is 17.3. The van der Waals surface area contributed by atoms with Gasteiger partial charge in [0, 0.05) is 52.2 Å². The average molecular weight is 897 g/mol. The van der Waals surface area contributed by atoms with Crippen LogP contribution in [0.3, 0.4) is 0 Å². The Morgan fingerprint density at radius 3 is 2.00 bits per heavy atom. The van der Waals surface area contributed by atoms with Crippen LogP contribution >= 0.6 is 0 Å². The number of hydrogen-bond acceptors (Lipinski definition) is 20. The number of rotatable bonds is 9. The predicted molar refractivity (Wildman–Crippen MR) is 212 cm³/mol. The van der Waals surface area contributed by atoms with Gasteiger partial charge in [-0.2, -0.15) is 0 Å². The van der Waals surface area contributed by atoms with Gasteiger partial charge in [-0.15, -0.1) is 0 Å². The number of hydrogen-bond donors (Lipinski definition) is 1. The van der Waals surface area contributed by atoms with Crippen LogP contribution in [0.2, 0.25) is 0 Å². The van der Waals surface area contributed by atoms with Crippen molar-refractivity contribution in [2.24, 2.45) is 23.2 Å². The zero-order chi connectivity index (χ0) is 47.3. The lowest BCUT2D eigenvalue weighted by Crippen LogP contribution is -2.89. The Morgan fingerprint density at radius 2 is 1.42 bits per heavy atom. The molecular weight excluding hydrogens is 844 g/mol. The number of carbonyl (C=O) groups excluding carboxylic acids is 8. The van der Waals surface area contributed by atoms with Crippen molar-refractivity contribution in [3.63, 3.8) is 0 Å². The number of carbonyl (C=O) groups is 8. The predicted octanol–water partition coefficient (Wildman–Crippen LogP) is 2.36. The second kappa shape index (κ2) is 17.5. The number of ether oxygens (including phenoxy) is 9. The van der Waals surface area contributed by atoms with Crippen molar-refractivity contribution in [2.75, 3.05) is 13.2 Å². The molecule has 64 heavy (non-hydrogen) atoms. The summed E-state index contributed by atoms with van der Waals surface area (Å²) < 4.78 is 55.9. The summed E-state index contributed by atoms with van der Waals surface area (Å²) in [6.07, 6.45) is -8.40. The molecule has 1 saturated heterocycles. The number of nitrogens with zero attached hydrogens (tertiary/aromatic N) is 2. The third-order valence-electron chi connectivity index (χ3n) is 12.7. The first-order valence-electron chi connectivity index (χ1n) is 20.7. The molecule has 2 aliphatic carbocycles. The molecular formula is C44H52N2O18. The van der Waals surface area contributed by atoms with Gasteiger partial charge in [0.05, 0.1) is 34.6 Å². The number of aliphatic hydroxyl groups is 1. The van der Waals surface area contributed by atoms with Crippen LogP contribution in [-0.4, -0.2) is 129 Å². The van der Waals surface area contributed by atoms with Crippen molar-refractivity contribution in [3.05, 3.63) is 59.7 Å². The molecule has 3 fully saturated rings. The molecule has 20 heteroatoms. The van der Waals surface area contributed by atoms with E-state index in [9.17, 15) is 43.5 Å². The van der Waals surface area contributed by atoms with E-state index in [0.717, 1.165) is 34.6 Å². The van der Waals surface area contributed by atoms with Crippen LogP contribution in [0.15, 0.2) is 42.9 Å². The quantitative estimate of drug-likeness (QED) is 0.280. The molecule has 6 rings (SSSR count). The highest BCUT2D eigenvalue weighted by Gasteiger charge is 2.92. The van der Waals surface area contributed by atoms with E-state index < -0.39 is 143 Å². The van der Waals surface area contributed by atoms with Gasteiger partial charge in [0.1, 0.15) is 42.0 Å². The third-order valence-corrected chi connectivity index (χ3v) is 12.7. The van der Waals surface area contributed by atoms with Crippen LogP contribution in [0.4, 0.5) is 0 Å². The lowest BCUT2D eigenvalue weighted by molar-refractivity contribution is -0.386. The number of cyclic esters (lactones) is 1. The van der Waals surface area contributed by atoms with E-state index in [4.69, 9.17) is 42.6 Å². The highest BCUT2D eigenvalue weighted by molar-refractivity contribution is 5.91. The topological polar surface area (TPSA) is 266 Å². The Labute approximate surface area is 367 Å². The van der Waals surface area contributed by atoms with Gasteiger partial charge in [-0.05, 0) is 38.1 Å². The summed E-state index contributed by atoms with van der Waals surface area (Å²) in [5, 5.41) is 13.7. The summed E-state index contributed by atoms with van der Waals surface area (Å²) in [6.45, 7) is 10.6. The molecule has 2 saturated carbocycles. The number of aromatic nitrogens is 2. The van der Waals surface area contributed by atoms with Crippen LogP contribution in [0, 0.1) is 23.2 Å². The maximum atomic E-state index is 14.6. The van der Waals surface area contributed by atoms with Gasteiger partial charge in [0.25, 0.3) is 0 Å². The first kappa shape index (κ1) is 47.5. The molecule has 4 heterocycles. The summed E-state index contributed by atoms with van der Waals surface area (Å²) in [6, 6.07) is 5.69. The smallest absolute Gasteiger partial charge is 0.340 e. The normalized spacial score (nSPS) is 35.3. The first-order chi connectivity index (χ1) is 29.9. The number of esters is 8. The summed E-state index contributed by atoms with van der Waals surface area (Å²) in [5.74, 6) is -12.8. The number of pyridine rings is 2. The highest BCUT2D eigenvalue weighted by Crippen LogP contribution is 2.70. The van der Waals surface area contributed by atoms with Gasteiger partial charge < -0.3 is 47.7 Å². The van der Waals surface area contributed by atoms with Gasteiger partial charge >= 0.3 is 47.8 Å². The number of fused-ring (bicyclic) bond motifs is 5. The van der Waals surface area contributed by atoms with Crippen molar-refractivity contribution in [3.8, 4) is 0 Å². The third kappa shape index (κ3) is 7.83. The summed E-state index contributed by atoms with van der Waals surface area (Å²) >= 11 is 0. The van der Waals surface area contributed by atoms with Gasteiger partial charge in [-0.25, -0.2) is 9.59 Å². The van der Waals surface area contributed by atoms with Crippen LogP contribution in [-0.2, 0) is 71.4 Å². The standard InChI is InChI=1S/C44H52N2O18/c1-20(2)37(51)62-32-34-42(10,55)44-33(58-24(6)48)29(41(9,64-44)18-57-40(54)28-14-12-16-46-30(28)21(3)22(4)38(52)63-34)31(61-39(53)27-13-11-15-45-17-27)35(59-25(7)49)43(44,19-56-23(5)47)36(32)60-26(8)50/h11-17,20-22,29,31-36,55H,18-19H2,1-10H3/t21-,22-,29-,31+,32-,33-,34-,35-,36-,41-,42+,43-,44+/m0/s1. The minimum absolute atomic E-state index is 0.0571. The van der Waals surface area contributed by atoms with Crippen molar-refractivity contribution < 1.29 is 86.1 Å². The van der Waals surface area contributed by atoms with Gasteiger partial charge in [-0.1, -0.05) is 27.7 Å². The molecule has 4 aliphatic rings. The van der Waals surface area contributed by atoms with Crippen LogP contribution in [0.5, 0.6) is 0 Å². The van der Waals surface area contributed by atoms with E-state index in [1.165, 1.54) is 70.6 Å². The zero-order valence-corrected chi connectivity index (χ0v) is 37.0. The molecule has 0 radical (unpaired) electrons. The Bertz CT molecular complexity index is 2210. The van der Waals surface area contributed by atoms with Crippen molar-refractivity contribution >= 4 is 47.8 Å². The van der Waals surface area contributed by atoms with E-state index >= 15 is 0 Å². The van der Waals surface area contributed by atoms with E-state index in [-0.39, 0.29) is 16.8 Å². The minimum atomic E-state index is -2.87. The van der Waals surface area contributed by atoms with Gasteiger partial charge in [0.15, 0.2) is 30.0 Å². The SMILES string of the molecule is CC(=O)OC[C@@]12[C@@H](OC(C)=O)[C@H](OC(=O)c3cccnc3)[C@H]3[C@H](OC(C)=O)[C@]14O[C@@]3(C)COC(=O)c1cccnc1[C@@H](C)[C@H](C)C(=O)O[C@@H]([C@H](OC(=O)C(C)C)[C@@H]2OC(C)=O)[C@@]4(C)O. The molecule has 4 bridgehead atoms. The van der Waals surface area contributed by atoms with Crippen LogP contribution in [0.1, 0.15) is 102 Å². The second-order valence-corrected chi connectivity index (χ2v) is 17.3. The molecule has 0 amide bonds. The van der Waals surface area contributed by atoms with Crippen LogP contribution < -0.4 is 0 Å². The van der Waals surface area contributed by atoms with E-state index in [0.29, 0.717) is 0 Å². The van der Waals surface area contributed by atoms with Gasteiger partial charge in [-0.3, -0.25) is 38.7 Å². The molecule has 0 unspecified atom stereocenters. The maximum absolute atomic E-state index is 14.6. The molecule has 1 spiro atoms. The zero-order valence-electron chi connectivity index (χ0n) is 37.0. The molecule has 0 aromatic carbocycles. The monoisotopic (exact) mass is 896 g/mol. The Hall–Kier alpha value is -6.02. The van der Waals surface area contributed by atoms with E-state index in [1.54, 1.807) is 6.92 Å². The minimum Gasteiger partial charge on any atom is -0.465 e. The fourth-order valence-electron chi connectivity index (χ4n) is 9.81. The van der Waals surface area contributed by atoms with Crippen LogP contribution in [0.25, 0.3) is 0 Å². The summed E-state index contributed by atoms with van der Waals surface area (Å²) in [4.78, 5) is 119. The Balaban J connectivity index is 1.81. The fourth-order valence-corrected chi connectivity index (χ4v) is 9.81. The molecule has 2 aromatic heterocycles. The molecule has 2 aliphatic heterocycles. The molecule has 13 atom stereocenters. The Kier molecular flexibility index (Phi) is 13.0. The van der Waals surface area contributed by atoms with Gasteiger partial charge in [0.2, 0.25) is 0 Å². The molecule has 1 N–H and O–H groups in total.